The Morgan fingerprint density at radius 1 is 1.48 bits per heavy atom. The normalized spacial score (nSPS) is 18.4. The van der Waals surface area contributed by atoms with Crippen LogP contribution in [0.2, 0.25) is 0 Å². The van der Waals surface area contributed by atoms with Crippen LogP contribution in [0.1, 0.15) is 5.82 Å². The predicted octanol–water partition coefficient (Wildman–Crippen LogP) is 1.69. The summed E-state index contributed by atoms with van der Waals surface area (Å²) in [7, 11) is 0. The van der Waals surface area contributed by atoms with Gasteiger partial charge >= 0.3 is 0 Å². The van der Waals surface area contributed by atoms with E-state index in [1.807, 2.05) is 24.3 Å². The van der Waals surface area contributed by atoms with Crippen molar-refractivity contribution in [3.63, 3.8) is 0 Å². The molecule has 0 spiro atoms. The average Bonchev–Trinajstić information content (AvgIpc) is 2.95. The van der Waals surface area contributed by atoms with Gasteiger partial charge in [0.15, 0.2) is 5.82 Å². The first-order chi connectivity index (χ1) is 10.2. The van der Waals surface area contributed by atoms with Crippen LogP contribution in [0.15, 0.2) is 28.8 Å². The lowest BCUT2D eigenvalue weighted by Gasteiger charge is -2.22. The second-order valence-corrected chi connectivity index (χ2v) is 5.91. The molecule has 0 bridgehead atoms. The number of nitrogens with one attached hydrogen (secondary N) is 2. The van der Waals surface area contributed by atoms with Gasteiger partial charge < -0.3 is 15.2 Å². The highest BCUT2D eigenvalue weighted by Gasteiger charge is 2.22. The summed E-state index contributed by atoms with van der Waals surface area (Å²) in [5, 5.41) is 9.95. The number of amides is 1. The number of anilines is 1. The first kappa shape index (κ1) is 14.1. The highest BCUT2D eigenvalue weighted by Crippen LogP contribution is 2.26. The van der Waals surface area contributed by atoms with Crippen LogP contribution < -0.4 is 10.6 Å². The van der Waals surface area contributed by atoms with E-state index < -0.39 is 0 Å². The number of carbonyl (C=O) groups excluding carboxylic acids is 1. The second kappa shape index (κ2) is 6.28. The van der Waals surface area contributed by atoms with Crippen molar-refractivity contribution in [3.05, 3.63) is 30.1 Å². The molecule has 1 fully saturated rings. The van der Waals surface area contributed by atoms with Crippen molar-refractivity contribution < 1.29 is 9.32 Å². The fourth-order valence-corrected chi connectivity index (χ4v) is 3.07. The second-order valence-electron chi connectivity index (χ2n) is 4.76. The highest BCUT2D eigenvalue weighted by molar-refractivity contribution is 7.99. The molecule has 2 N–H and O–H groups in total. The Morgan fingerprint density at radius 2 is 2.33 bits per heavy atom. The van der Waals surface area contributed by atoms with Crippen LogP contribution in [-0.4, -0.2) is 40.1 Å². The van der Waals surface area contributed by atoms with E-state index in [1.165, 1.54) is 0 Å². The molecule has 3 rings (SSSR count). The molecule has 0 radical (unpaired) electrons. The monoisotopic (exact) mass is 304 g/mol. The maximum absolute atomic E-state index is 12.3. The van der Waals surface area contributed by atoms with Gasteiger partial charge in [0.1, 0.15) is 0 Å². The van der Waals surface area contributed by atoms with Crippen molar-refractivity contribution in [1.29, 1.82) is 0 Å². The predicted molar refractivity (Wildman–Crippen MR) is 82.2 cm³/mol. The number of aromatic nitrogens is 2. The third kappa shape index (κ3) is 3.25. The molecule has 1 aromatic carbocycles. The van der Waals surface area contributed by atoms with Crippen molar-refractivity contribution in [2.75, 3.05) is 23.4 Å². The van der Waals surface area contributed by atoms with Gasteiger partial charge in [0.25, 0.3) is 5.89 Å². The van der Waals surface area contributed by atoms with Crippen LogP contribution in [-0.2, 0) is 4.79 Å². The molecule has 6 nitrogen and oxygen atoms in total. The van der Waals surface area contributed by atoms with Crippen LogP contribution in [0.5, 0.6) is 0 Å². The summed E-state index contributed by atoms with van der Waals surface area (Å²) in [6, 6.07) is 7.26. The lowest BCUT2D eigenvalue weighted by Crippen LogP contribution is -2.46. The number of aryl methyl sites for hydroxylation is 1. The van der Waals surface area contributed by atoms with E-state index in [1.54, 1.807) is 18.7 Å². The summed E-state index contributed by atoms with van der Waals surface area (Å²) >= 11 is 1.78. The molecule has 1 atom stereocenters. The lowest BCUT2D eigenvalue weighted by molar-refractivity contribution is -0.117. The van der Waals surface area contributed by atoms with Gasteiger partial charge in [-0.2, -0.15) is 16.7 Å². The van der Waals surface area contributed by atoms with Gasteiger partial charge in [-0.05, 0) is 19.1 Å². The summed E-state index contributed by atoms with van der Waals surface area (Å²) in [6.07, 6.45) is 0. The molecule has 1 amide bonds. The standard InChI is InChI=1S/C14H16N4O2S/c1-9-16-14(20-18-9)10-4-2-3-5-11(10)17-13(19)12-8-21-7-6-15-12/h2-5,12,15H,6-8H2,1H3,(H,17,19). The topological polar surface area (TPSA) is 80.0 Å². The van der Waals surface area contributed by atoms with Gasteiger partial charge in [0.05, 0.1) is 17.3 Å². The van der Waals surface area contributed by atoms with Crippen LogP contribution in [0.25, 0.3) is 11.5 Å². The third-order valence-corrected chi connectivity index (χ3v) is 4.24. The van der Waals surface area contributed by atoms with Crippen LogP contribution >= 0.6 is 11.8 Å². The van der Waals surface area contributed by atoms with Gasteiger partial charge in [-0.1, -0.05) is 17.3 Å². The summed E-state index contributed by atoms with van der Waals surface area (Å²) in [4.78, 5) is 16.5. The van der Waals surface area contributed by atoms with Gasteiger partial charge in [-0.3, -0.25) is 4.79 Å². The van der Waals surface area contributed by atoms with Gasteiger partial charge in [0.2, 0.25) is 5.91 Å². The Kier molecular flexibility index (Phi) is 4.21. The number of nitrogens with zero attached hydrogens (tertiary/aromatic N) is 2. The van der Waals surface area contributed by atoms with Crippen LogP contribution in [0.4, 0.5) is 5.69 Å². The van der Waals surface area contributed by atoms with E-state index in [0.717, 1.165) is 23.6 Å². The van der Waals surface area contributed by atoms with Gasteiger partial charge in [0, 0.05) is 18.1 Å². The Balaban J connectivity index is 1.80. The Hall–Kier alpha value is -1.86. The minimum absolute atomic E-state index is 0.0362. The number of thioether (sulfide) groups is 1. The molecular formula is C14H16N4O2S. The van der Waals surface area contributed by atoms with E-state index in [0.29, 0.717) is 17.4 Å². The fraction of sp³-hybridized carbons (Fsp3) is 0.357. The molecule has 0 aliphatic carbocycles. The molecular weight excluding hydrogens is 288 g/mol. The SMILES string of the molecule is Cc1noc(-c2ccccc2NC(=O)C2CSCCN2)n1. The summed E-state index contributed by atoms with van der Waals surface area (Å²) in [6.45, 7) is 2.62. The number of hydrogen-bond acceptors (Lipinski definition) is 6. The number of carbonyl (C=O) groups is 1. The minimum Gasteiger partial charge on any atom is -0.334 e. The van der Waals surface area contributed by atoms with Crippen molar-refractivity contribution in [2.24, 2.45) is 0 Å². The minimum atomic E-state index is -0.166. The molecule has 7 heteroatoms. The quantitative estimate of drug-likeness (QED) is 0.898. The summed E-state index contributed by atoms with van der Waals surface area (Å²) < 4.78 is 5.19. The lowest BCUT2D eigenvalue weighted by atomic mass is 10.1. The molecule has 21 heavy (non-hydrogen) atoms. The zero-order chi connectivity index (χ0) is 14.7. The number of benzene rings is 1. The number of rotatable bonds is 3. The largest absolute Gasteiger partial charge is 0.334 e. The first-order valence-corrected chi connectivity index (χ1v) is 7.91. The third-order valence-electron chi connectivity index (χ3n) is 3.18. The van der Waals surface area contributed by atoms with Gasteiger partial charge in [-0.15, -0.1) is 0 Å². The van der Waals surface area contributed by atoms with Crippen molar-refractivity contribution in [1.82, 2.24) is 15.5 Å². The molecule has 110 valence electrons. The summed E-state index contributed by atoms with van der Waals surface area (Å²) in [5.74, 6) is 2.77. The fourth-order valence-electron chi connectivity index (χ4n) is 2.14. The molecule has 1 aromatic heterocycles. The average molecular weight is 304 g/mol. The zero-order valence-corrected chi connectivity index (χ0v) is 12.4. The molecule has 2 heterocycles. The molecule has 2 aromatic rings. The van der Waals surface area contributed by atoms with Crippen LogP contribution in [0, 0.1) is 6.92 Å². The smallest absolute Gasteiger partial charge is 0.260 e. The Bertz CT molecular complexity index is 637. The van der Waals surface area contributed by atoms with E-state index >= 15 is 0 Å². The molecule has 1 aliphatic heterocycles. The Labute approximate surface area is 126 Å². The maximum Gasteiger partial charge on any atom is 0.260 e. The maximum atomic E-state index is 12.3. The molecule has 1 saturated heterocycles. The highest BCUT2D eigenvalue weighted by atomic mass is 32.2. The van der Waals surface area contributed by atoms with E-state index in [4.69, 9.17) is 4.52 Å². The van der Waals surface area contributed by atoms with E-state index in [-0.39, 0.29) is 11.9 Å². The van der Waals surface area contributed by atoms with E-state index in [9.17, 15) is 4.79 Å². The molecule has 1 aliphatic rings. The van der Waals surface area contributed by atoms with Crippen molar-refractivity contribution in [3.8, 4) is 11.5 Å². The first-order valence-electron chi connectivity index (χ1n) is 6.76. The Morgan fingerprint density at radius 3 is 3.05 bits per heavy atom. The summed E-state index contributed by atoms with van der Waals surface area (Å²) in [5.41, 5.74) is 1.42. The van der Waals surface area contributed by atoms with Crippen molar-refractivity contribution in [2.45, 2.75) is 13.0 Å². The van der Waals surface area contributed by atoms with Crippen LogP contribution in [0.3, 0.4) is 0 Å². The van der Waals surface area contributed by atoms with E-state index in [2.05, 4.69) is 20.8 Å². The number of hydrogen-bond donors (Lipinski definition) is 2. The molecule has 0 saturated carbocycles. The van der Waals surface area contributed by atoms with Gasteiger partial charge in [-0.25, -0.2) is 0 Å². The molecule has 1 unspecified atom stereocenters. The number of para-hydroxylation sites is 1. The zero-order valence-electron chi connectivity index (χ0n) is 11.6. The van der Waals surface area contributed by atoms with Crippen molar-refractivity contribution >= 4 is 23.4 Å².